The maximum atomic E-state index is 12.4. The second-order valence-corrected chi connectivity index (χ2v) is 6.73. The van der Waals surface area contributed by atoms with Crippen molar-refractivity contribution in [3.05, 3.63) is 51.5 Å². The first-order valence-electron chi connectivity index (χ1n) is 7.56. The lowest BCUT2D eigenvalue weighted by Gasteiger charge is -2.13. The van der Waals surface area contributed by atoms with Crippen LogP contribution in [0.1, 0.15) is 57.9 Å². The smallest absolute Gasteiger partial charge is 0.261 e. The van der Waals surface area contributed by atoms with Gasteiger partial charge < -0.3 is 5.32 Å². The van der Waals surface area contributed by atoms with E-state index < -0.39 is 0 Å². The first kappa shape index (κ1) is 14.3. The van der Waals surface area contributed by atoms with Gasteiger partial charge in [0, 0.05) is 17.3 Å². The van der Waals surface area contributed by atoms with Crippen LogP contribution in [0.5, 0.6) is 0 Å². The molecule has 1 aliphatic rings. The number of thiophene rings is 1. The summed E-state index contributed by atoms with van der Waals surface area (Å²) in [6, 6.07) is 5.98. The third kappa shape index (κ3) is 3.32. The summed E-state index contributed by atoms with van der Waals surface area (Å²) >= 11 is 1.67. The predicted molar refractivity (Wildman–Crippen MR) is 85.7 cm³/mol. The highest BCUT2D eigenvalue weighted by atomic mass is 32.1. The summed E-state index contributed by atoms with van der Waals surface area (Å²) < 4.78 is 0. The fourth-order valence-corrected chi connectivity index (χ4v) is 3.94. The molecule has 0 radical (unpaired) electrons. The summed E-state index contributed by atoms with van der Waals surface area (Å²) in [6.45, 7) is 2.01. The van der Waals surface area contributed by atoms with Gasteiger partial charge in [-0.25, -0.2) is 0 Å². The summed E-state index contributed by atoms with van der Waals surface area (Å²) in [6.07, 6.45) is 9.57. The molecule has 4 heteroatoms. The van der Waals surface area contributed by atoms with E-state index in [2.05, 4.69) is 16.4 Å². The van der Waals surface area contributed by atoms with E-state index in [9.17, 15) is 4.79 Å². The average molecular weight is 300 g/mol. The summed E-state index contributed by atoms with van der Waals surface area (Å²) in [5.41, 5.74) is 2.47. The van der Waals surface area contributed by atoms with Crippen molar-refractivity contribution in [3.8, 4) is 0 Å². The quantitative estimate of drug-likeness (QED) is 0.873. The van der Waals surface area contributed by atoms with Gasteiger partial charge in [-0.2, -0.15) is 0 Å². The van der Waals surface area contributed by atoms with Crippen molar-refractivity contribution >= 4 is 17.2 Å². The van der Waals surface area contributed by atoms with Crippen LogP contribution in [0.2, 0.25) is 0 Å². The number of hydrogen-bond donors (Lipinski definition) is 1. The van der Waals surface area contributed by atoms with Gasteiger partial charge in [0.2, 0.25) is 0 Å². The zero-order valence-corrected chi connectivity index (χ0v) is 13.1. The second kappa shape index (κ2) is 6.39. The minimum Gasteiger partial charge on any atom is -0.345 e. The lowest BCUT2D eigenvalue weighted by molar-refractivity contribution is 0.0944. The molecule has 1 aliphatic carbocycles. The van der Waals surface area contributed by atoms with Crippen LogP contribution in [-0.2, 0) is 12.8 Å². The van der Waals surface area contributed by atoms with Crippen molar-refractivity contribution in [2.24, 2.45) is 0 Å². The molecule has 0 saturated heterocycles. The molecule has 0 spiro atoms. The molecule has 3 rings (SSSR count). The lowest BCUT2D eigenvalue weighted by Crippen LogP contribution is -2.25. The maximum absolute atomic E-state index is 12.4. The standard InChI is InChI=1S/C17H20N2OS/c1-12(13-7-9-18-10-8-13)19-17(20)16-11-14-5-3-2-4-6-15(14)21-16/h7-12H,2-6H2,1H3,(H,19,20). The Hall–Kier alpha value is -1.68. The molecule has 0 aromatic carbocycles. The maximum Gasteiger partial charge on any atom is 0.261 e. The van der Waals surface area contributed by atoms with Gasteiger partial charge in [-0.3, -0.25) is 9.78 Å². The van der Waals surface area contributed by atoms with Crippen LogP contribution in [0.25, 0.3) is 0 Å². The SMILES string of the molecule is CC(NC(=O)c1cc2c(s1)CCCCC2)c1ccncc1. The summed E-state index contributed by atoms with van der Waals surface area (Å²) in [5.74, 6) is 0.0392. The number of hydrogen-bond acceptors (Lipinski definition) is 3. The number of aryl methyl sites for hydroxylation is 2. The summed E-state index contributed by atoms with van der Waals surface area (Å²) in [7, 11) is 0. The topological polar surface area (TPSA) is 42.0 Å². The normalized spacial score (nSPS) is 15.9. The van der Waals surface area contributed by atoms with Crippen LogP contribution in [0, 0.1) is 0 Å². The van der Waals surface area contributed by atoms with Gasteiger partial charge in [0.1, 0.15) is 0 Å². The number of carbonyl (C=O) groups excluding carboxylic acids is 1. The molecule has 21 heavy (non-hydrogen) atoms. The molecular formula is C17H20N2OS. The molecule has 3 nitrogen and oxygen atoms in total. The summed E-state index contributed by atoms with van der Waals surface area (Å²) in [5, 5.41) is 3.08. The van der Waals surface area contributed by atoms with E-state index in [1.807, 2.05) is 19.1 Å². The Morgan fingerprint density at radius 3 is 2.81 bits per heavy atom. The Bertz CT molecular complexity index is 597. The Morgan fingerprint density at radius 1 is 1.24 bits per heavy atom. The molecular weight excluding hydrogens is 280 g/mol. The van der Waals surface area contributed by atoms with Crippen LogP contribution in [-0.4, -0.2) is 10.9 Å². The van der Waals surface area contributed by atoms with Crippen LogP contribution in [0.4, 0.5) is 0 Å². The van der Waals surface area contributed by atoms with E-state index in [1.165, 1.54) is 29.7 Å². The number of amides is 1. The van der Waals surface area contributed by atoms with E-state index in [-0.39, 0.29) is 11.9 Å². The molecule has 0 fully saturated rings. The first-order chi connectivity index (χ1) is 10.2. The number of fused-ring (bicyclic) bond motifs is 1. The number of carbonyl (C=O) groups is 1. The zero-order valence-electron chi connectivity index (χ0n) is 12.3. The van der Waals surface area contributed by atoms with Crippen molar-refractivity contribution in [1.29, 1.82) is 0 Å². The monoisotopic (exact) mass is 300 g/mol. The highest BCUT2D eigenvalue weighted by Gasteiger charge is 2.18. The summed E-state index contributed by atoms with van der Waals surface area (Å²) in [4.78, 5) is 18.7. The van der Waals surface area contributed by atoms with Gasteiger partial charge in [-0.05, 0) is 61.9 Å². The molecule has 2 aromatic rings. The van der Waals surface area contributed by atoms with Gasteiger partial charge in [0.25, 0.3) is 5.91 Å². The number of nitrogens with zero attached hydrogens (tertiary/aromatic N) is 1. The lowest BCUT2D eigenvalue weighted by atomic mass is 10.1. The van der Waals surface area contributed by atoms with Gasteiger partial charge in [-0.15, -0.1) is 11.3 Å². The van der Waals surface area contributed by atoms with Crippen LogP contribution in [0.3, 0.4) is 0 Å². The Labute approximate surface area is 129 Å². The molecule has 2 heterocycles. The van der Waals surface area contributed by atoms with Gasteiger partial charge >= 0.3 is 0 Å². The predicted octanol–water partition coefficient (Wildman–Crippen LogP) is 3.90. The fourth-order valence-electron chi connectivity index (χ4n) is 2.78. The van der Waals surface area contributed by atoms with E-state index in [4.69, 9.17) is 0 Å². The Balaban J connectivity index is 1.71. The zero-order chi connectivity index (χ0) is 14.7. The largest absolute Gasteiger partial charge is 0.345 e. The second-order valence-electron chi connectivity index (χ2n) is 5.60. The average Bonchev–Trinajstić information content (AvgIpc) is 2.79. The Morgan fingerprint density at radius 2 is 2.00 bits per heavy atom. The molecule has 1 amide bonds. The molecule has 110 valence electrons. The van der Waals surface area contributed by atoms with Crippen molar-refractivity contribution in [3.63, 3.8) is 0 Å². The van der Waals surface area contributed by atoms with Gasteiger partial charge in [-0.1, -0.05) is 6.42 Å². The van der Waals surface area contributed by atoms with Crippen molar-refractivity contribution in [1.82, 2.24) is 10.3 Å². The molecule has 0 bridgehead atoms. The highest BCUT2D eigenvalue weighted by Crippen LogP contribution is 2.29. The van der Waals surface area contributed by atoms with Crippen molar-refractivity contribution in [2.75, 3.05) is 0 Å². The number of pyridine rings is 1. The first-order valence-corrected chi connectivity index (χ1v) is 8.38. The van der Waals surface area contributed by atoms with Crippen molar-refractivity contribution in [2.45, 2.75) is 45.1 Å². The number of nitrogens with one attached hydrogen (secondary N) is 1. The van der Waals surface area contributed by atoms with Crippen LogP contribution < -0.4 is 5.32 Å². The fraction of sp³-hybridized carbons (Fsp3) is 0.412. The number of aromatic nitrogens is 1. The van der Waals surface area contributed by atoms with Gasteiger partial charge in [0.15, 0.2) is 0 Å². The van der Waals surface area contributed by atoms with E-state index in [0.29, 0.717) is 0 Å². The molecule has 0 aliphatic heterocycles. The van der Waals surface area contributed by atoms with Crippen LogP contribution >= 0.6 is 11.3 Å². The third-order valence-corrected chi connectivity index (χ3v) is 5.26. The van der Waals surface area contributed by atoms with E-state index >= 15 is 0 Å². The van der Waals surface area contributed by atoms with E-state index in [1.54, 1.807) is 23.7 Å². The molecule has 2 aromatic heterocycles. The molecule has 1 atom stereocenters. The minimum atomic E-state index is 0.00223. The number of rotatable bonds is 3. The molecule has 1 unspecified atom stereocenters. The minimum absolute atomic E-state index is 0.00223. The Kier molecular flexibility index (Phi) is 4.34. The van der Waals surface area contributed by atoms with Crippen molar-refractivity contribution < 1.29 is 4.79 Å². The third-order valence-electron chi connectivity index (χ3n) is 4.02. The molecule has 0 saturated carbocycles. The van der Waals surface area contributed by atoms with E-state index in [0.717, 1.165) is 23.3 Å². The van der Waals surface area contributed by atoms with Gasteiger partial charge in [0.05, 0.1) is 10.9 Å². The van der Waals surface area contributed by atoms with Crippen LogP contribution in [0.15, 0.2) is 30.6 Å². The highest BCUT2D eigenvalue weighted by molar-refractivity contribution is 7.14. The molecule has 1 N–H and O–H groups in total.